The number of ether oxygens (including phenoxy) is 2. The molecule has 3 amide bonds. The van der Waals surface area contributed by atoms with E-state index in [1.807, 2.05) is 0 Å². The van der Waals surface area contributed by atoms with Crippen molar-refractivity contribution in [3.8, 4) is 0 Å². The maximum atomic E-state index is 12.0. The SMILES string of the molecule is COC(=O)c1ccc(NC(=O)C(=O)NCC2CCN(C(=O)OC)CC2)cc1. The Labute approximate surface area is 157 Å². The largest absolute Gasteiger partial charge is 0.465 e. The van der Waals surface area contributed by atoms with Crippen LogP contribution in [0.4, 0.5) is 10.5 Å². The van der Waals surface area contributed by atoms with Crippen LogP contribution >= 0.6 is 0 Å². The van der Waals surface area contributed by atoms with E-state index >= 15 is 0 Å². The summed E-state index contributed by atoms with van der Waals surface area (Å²) in [6, 6.07) is 6.02. The summed E-state index contributed by atoms with van der Waals surface area (Å²) in [5.41, 5.74) is 0.743. The second kappa shape index (κ2) is 9.56. The molecule has 9 heteroatoms. The first-order valence-corrected chi connectivity index (χ1v) is 8.55. The Hall–Kier alpha value is -3.10. The molecule has 0 saturated carbocycles. The van der Waals surface area contributed by atoms with Gasteiger partial charge in [0.25, 0.3) is 0 Å². The van der Waals surface area contributed by atoms with Crippen molar-refractivity contribution in [3.63, 3.8) is 0 Å². The number of methoxy groups -OCH3 is 2. The van der Waals surface area contributed by atoms with Crippen LogP contribution in [-0.2, 0) is 19.1 Å². The van der Waals surface area contributed by atoms with E-state index in [0.717, 1.165) is 12.8 Å². The highest BCUT2D eigenvalue weighted by molar-refractivity contribution is 6.39. The predicted molar refractivity (Wildman–Crippen MR) is 96.1 cm³/mol. The third kappa shape index (κ3) is 5.70. The van der Waals surface area contributed by atoms with Crippen molar-refractivity contribution in [1.29, 1.82) is 0 Å². The van der Waals surface area contributed by atoms with E-state index < -0.39 is 17.8 Å². The Morgan fingerprint density at radius 2 is 1.63 bits per heavy atom. The summed E-state index contributed by atoms with van der Waals surface area (Å²) in [6.07, 6.45) is 1.10. The summed E-state index contributed by atoms with van der Waals surface area (Å²) in [7, 11) is 2.62. The molecule has 0 atom stereocenters. The van der Waals surface area contributed by atoms with Gasteiger partial charge in [-0.15, -0.1) is 0 Å². The van der Waals surface area contributed by atoms with Crippen LogP contribution in [0.25, 0.3) is 0 Å². The fourth-order valence-corrected chi connectivity index (χ4v) is 2.76. The number of carbonyl (C=O) groups excluding carboxylic acids is 4. The van der Waals surface area contributed by atoms with Crippen LogP contribution in [0.1, 0.15) is 23.2 Å². The molecule has 2 N–H and O–H groups in total. The molecule has 1 aromatic rings. The minimum atomic E-state index is -0.784. The van der Waals surface area contributed by atoms with E-state index in [9.17, 15) is 19.2 Å². The minimum absolute atomic E-state index is 0.196. The highest BCUT2D eigenvalue weighted by Crippen LogP contribution is 2.17. The van der Waals surface area contributed by atoms with Gasteiger partial charge in [-0.3, -0.25) is 9.59 Å². The lowest BCUT2D eigenvalue weighted by Crippen LogP contribution is -2.43. The molecule has 146 valence electrons. The average molecular weight is 377 g/mol. The van der Waals surface area contributed by atoms with Crippen molar-refractivity contribution in [3.05, 3.63) is 29.8 Å². The molecule has 1 saturated heterocycles. The monoisotopic (exact) mass is 377 g/mol. The molecule has 2 rings (SSSR count). The molecule has 1 aromatic carbocycles. The van der Waals surface area contributed by atoms with Crippen LogP contribution in [0.3, 0.4) is 0 Å². The third-order valence-electron chi connectivity index (χ3n) is 4.37. The number of esters is 1. The van der Waals surface area contributed by atoms with Crippen molar-refractivity contribution in [1.82, 2.24) is 10.2 Å². The van der Waals surface area contributed by atoms with Crippen molar-refractivity contribution in [2.45, 2.75) is 12.8 Å². The molecule has 1 aliphatic rings. The summed E-state index contributed by atoms with van der Waals surface area (Å²) in [4.78, 5) is 48.3. The molecule has 0 aromatic heterocycles. The van der Waals surface area contributed by atoms with E-state index in [2.05, 4.69) is 20.1 Å². The zero-order valence-corrected chi connectivity index (χ0v) is 15.3. The molecule has 0 aliphatic carbocycles. The molecule has 9 nitrogen and oxygen atoms in total. The van der Waals surface area contributed by atoms with Gasteiger partial charge in [-0.1, -0.05) is 0 Å². The second-order valence-electron chi connectivity index (χ2n) is 6.13. The third-order valence-corrected chi connectivity index (χ3v) is 4.37. The van der Waals surface area contributed by atoms with Crippen LogP contribution < -0.4 is 10.6 Å². The number of nitrogens with zero attached hydrogens (tertiary/aromatic N) is 1. The fourth-order valence-electron chi connectivity index (χ4n) is 2.76. The number of hydrogen-bond donors (Lipinski definition) is 2. The minimum Gasteiger partial charge on any atom is -0.465 e. The summed E-state index contributed by atoms with van der Waals surface area (Å²) in [6.45, 7) is 1.49. The molecule has 0 radical (unpaired) electrons. The zero-order valence-electron chi connectivity index (χ0n) is 15.3. The maximum absolute atomic E-state index is 12.0. The zero-order chi connectivity index (χ0) is 19.8. The lowest BCUT2D eigenvalue weighted by molar-refractivity contribution is -0.136. The Morgan fingerprint density at radius 1 is 1.00 bits per heavy atom. The predicted octanol–water partition coefficient (Wildman–Crippen LogP) is 1.01. The van der Waals surface area contributed by atoms with Gasteiger partial charge in [0, 0.05) is 25.3 Å². The first kappa shape index (κ1) is 20.2. The second-order valence-corrected chi connectivity index (χ2v) is 6.13. The summed E-state index contributed by atoms with van der Waals surface area (Å²) >= 11 is 0. The standard InChI is InChI=1S/C18H23N3O6/c1-26-17(24)13-3-5-14(6-4-13)20-16(23)15(22)19-11-12-7-9-21(10-8-12)18(25)27-2/h3-6,12H,7-11H2,1-2H3,(H,19,22)(H,20,23). The van der Waals surface area contributed by atoms with E-state index in [-0.39, 0.29) is 12.0 Å². The number of hydrogen-bond acceptors (Lipinski definition) is 6. The summed E-state index contributed by atoms with van der Waals surface area (Å²) in [5.74, 6) is -1.80. The van der Waals surface area contributed by atoms with Gasteiger partial charge >= 0.3 is 23.9 Å². The van der Waals surface area contributed by atoms with Gasteiger partial charge in [-0.05, 0) is 43.0 Å². The average Bonchev–Trinajstić information content (AvgIpc) is 2.71. The van der Waals surface area contributed by atoms with Crippen LogP contribution in [0, 0.1) is 5.92 Å². The Balaban J connectivity index is 1.75. The smallest absolute Gasteiger partial charge is 0.409 e. The first-order chi connectivity index (χ1) is 12.9. The van der Waals surface area contributed by atoms with Crippen LogP contribution in [0.15, 0.2) is 24.3 Å². The fraction of sp³-hybridized carbons (Fsp3) is 0.444. The maximum Gasteiger partial charge on any atom is 0.409 e. The lowest BCUT2D eigenvalue weighted by atomic mass is 9.97. The molecule has 1 fully saturated rings. The molecule has 0 unspecified atom stereocenters. The van der Waals surface area contributed by atoms with Crippen LogP contribution in [0.5, 0.6) is 0 Å². The number of nitrogens with one attached hydrogen (secondary N) is 2. The molecule has 0 bridgehead atoms. The van der Waals surface area contributed by atoms with E-state index in [4.69, 9.17) is 0 Å². The van der Waals surface area contributed by atoms with Gasteiger partial charge in [0.2, 0.25) is 0 Å². The number of piperidine rings is 1. The molecule has 1 aliphatic heterocycles. The van der Waals surface area contributed by atoms with Gasteiger partial charge in [-0.2, -0.15) is 0 Å². The van der Waals surface area contributed by atoms with Gasteiger partial charge < -0.3 is 25.0 Å². The number of benzene rings is 1. The topological polar surface area (TPSA) is 114 Å². The number of amides is 3. The van der Waals surface area contributed by atoms with Crippen LogP contribution in [-0.4, -0.2) is 62.6 Å². The van der Waals surface area contributed by atoms with Crippen molar-refractivity contribution in [2.24, 2.45) is 5.92 Å². The Morgan fingerprint density at radius 3 is 2.19 bits per heavy atom. The number of likely N-dealkylation sites (tertiary alicyclic amines) is 1. The van der Waals surface area contributed by atoms with E-state index in [1.54, 1.807) is 4.90 Å². The molecule has 27 heavy (non-hydrogen) atoms. The quantitative estimate of drug-likeness (QED) is 0.598. The highest BCUT2D eigenvalue weighted by atomic mass is 16.5. The number of rotatable bonds is 4. The Bertz CT molecular complexity index is 696. The Kier molecular flexibility index (Phi) is 7.16. The van der Waals surface area contributed by atoms with Crippen LogP contribution in [0.2, 0.25) is 0 Å². The number of anilines is 1. The molecule has 0 spiro atoms. The van der Waals surface area contributed by atoms with Crippen molar-refractivity contribution in [2.75, 3.05) is 39.2 Å². The lowest BCUT2D eigenvalue weighted by Gasteiger charge is -2.30. The van der Waals surface area contributed by atoms with Gasteiger partial charge in [0.15, 0.2) is 0 Å². The first-order valence-electron chi connectivity index (χ1n) is 8.55. The van der Waals surface area contributed by atoms with E-state index in [1.165, 1.54) is 38.5 Å². The number of carbonyl (C=O) groups is 4. The van der Waals surface area contributed by atoms with Crippen molar-refractivity contribution >= 4 is 29.6 Å². The normalized spacial score (nSPS) is 14.2. The summed E-state index contributed by atoms with van der Waals surface area (Å²) < 4.78 is 9.27. The van der Waals surface area contributed by atoms with E-state index in [0.29, 0.717) is 30.9 Å². The van der Waals surface area contributed by atoms with Crippen molar-refractivity contribution < 1.29 is 28.7 Å². The van der Waals surface area contributed by atoms with Gasteiger partial charge in [0.05, 0.1) is 19.8 Å². The highest BCUT2D eigenvalue weighted by Gasteiger charge is 2.24. The molecular weight excluding hydrogens is 354 g/mol. The molecular formula is C18H23N3O6. The summed E-state index contributed by atoms with van der Waals surface area (Å²) in [5, 5.41) is 5.08. The van der Waals surface area contributed by atoms with Gasteiger partial charge in [0.1, 0.15) is 0 Å². The van der Waals surface area contributed by atoms with Gasteiger partial charge in [-0.25, -0.2) is 9.59 Å². The molecule has 1 heterocycles.